The smallest absolute Gasteiger partial charge is 0.264 e. The van der Waals surface area contributed by atoms with E-state index >= 15 is 0 Å². The van der Waals surface area contributed by atoms with Crippen LogP contribution in [-0.2, 0) is 26.2 Å². The van der Waals surface area contributed by atoms with E-state index in [1.165, 1.54) is 17.0 Å². The molecule has 3 aromatic carbocycles. The first-order valence-electron chi connectivity index (χ1n) is 12.4. The summed E-state index contributed by atoms with van der Waals surface area (Å²) in [7, 11) is -4.14. The molecule has 3 aromatic rings. The number of rotatable bonds is 10. The average molecular weight is 556 g/mol. The molecule has 0 unspecified atom stereocenters. The van der Waals surface area contributed by atoms with Crippen molar-refractivity contribution in [1.29, 1.82) is 0 Å². The van der Waals surface area contributed by atoms with Crippen molar-refractivity contribution >= 4 is 39.1 Å². The molecule has 0 fully saturated rings. The average Bonchev–Trinajstić information content (AvgIpc) is 2.88. The monoisotopic (exact) mass is 555 g/mol. The Morgan fingerprint density at radius 1 is 0.895 bits per heavy atom. The summed E-state index contributed by atoms with van der Waals surface area (Å²) in [6, 6.07) is 19.5. The molecule has 0 radical (unpaired) electrons. The number of sulfonamides is 1. The fourth-order valence-corrected chi connectivity index (χ4v) is 5.64. The molecule has 0 saturated heterocycles. The van der Waals surface area contributed by atoms with Gasteiger partial charge in [-0.25, -0.2) is 8.42 Å². The fraction of sp³-hybridized carbons (Fsp3) is 0.310. The molecule has 3 rings (SSSR count). The van der Waals surface area contributed by atoms with Crippen LogP contribution in [0.5, 0.6) is 0 Å². The van der Waals surface area contributed by atoms with Gasteiger partial charge in [-0.15, -0.1) is 0 Å². The van der Waals surface area contributed by atoms with Crippen molar-refractivity contribution < 1.29 is 18.0 Å². The summed E-state index contributed by atoms with van der Waals surface area (Å²) < 4.78 is 28.7. The van der Waals surface area contributed by atoms with Gasteiger partial charge in [-0.05, 0) is 70.0 Å². The summed E-state index contributed by atoms with van der Waals surface area (Å²) in [5, 5.41) is 3.23. The normalized spacial score (nSPS) is 12.2. The van der Waals surface area contributed by atoms with Crippen LogP contribution in [-0.4, -0.2) is 43.8 Å². The molecule has 0 saturated carbocycles. The third-order valence-corrected chi connectivity index (χ3v) is 8.37. The second-order valence-electron chi connectivity index (χ2n) is 9.56. The predicted molar refractivity (Wildman–Crippen MR) is 152 cm³/mol. The number of amides is 2. The predicted octanol–water partition coefficient (Wildman–Crippen LogP) is 5.09. The molecule has 1 N–H and O–H groups in total. The zero-order valence-electron chi connectivity index (χ0n) is 22.3. The molecule has 7 nitrogen and oxygen atoms in total. The maximum absolute atomic E-state index is 13.9. The maximum Gasteiger partial charge on any atom is 0.264 e. The number of hydrogen-bond acceptors (Lipinski definition) is 4. The van der Waals surface area contributed by atoms with Crippen molar-refractivity contribution in [2.24, 2.45) is 0 Å². The summed E-state index contributed by atoms with van der Waals surface area (Å²) in [6.45, 7) is 8.62. The van der Waals surface area contributed by atoms with Gasteiger partial charge in [0, 0.05) is 17.6 Å². The number of hydrogen-bond donors (Lipinski definition) is 1. The molecule has 0 bridgehead atoms. The van der Waals surface area contributed by atoms with Gasteiger partial charge in [-0.2, -0.15) is 0 Å². The van der Waals surface area contributed by atoms with Gasteiger partial charge in [0.25, 0.3) is 10.0 Å². The largest absolute Gasteiger partial charge is 0.352 e. The Balaban J connectivity index is 2.06. The zero-order chi connectivity index (χ0) is 28.0. The van der Waals surface area contributed by atoms with E-state index in [0.29, 0.717) is 16.3 Å². The second-order valence-corrected chi connectivity index (χ2v) is 11.8. The first-order chi connectivity index (χ1) is 17.9. The molecule has 0 heterocycles. The number of carbonyl (C=O) groups excluding carboxylic acids is 2. The van der Waals surface area contributed by atoms with Crippen LogP contribution >= 0.6 is 11.6 Å². The fourth-order valence-electron chi connectivity index (χ4n) is 3.98. The summed E-state index contributed by atoms with van der Waals surface area (Å²) in [5.41, 5.74) is 2.71. The first-order valence-corrected chi connectivity index (χ1v) is 14.2. The highest BCUT2D eigenvalue weighted by atomic mass is 35.5. The van der Waals surface area contributed by atoms with Gasteiger partial charge in [-0.3, -0.25) is 13.9 Å². The Morgan fingerprint density at radius 3 is 2.13 bits per heavy atom. The summed E-state index contributed by atoms with van der Waals surface area (Å²) in [5.74, 6) is -0.840. The number of benzene rings is 3. The van der Waals surface area contributed by atoms with E-state index in [2.05, 4.69) is 5.32 Å². The van der Waals surface area contributed by atoms with Crippen molar-refractivity contribution in [3.8, 4) is 0 Å². The van der Waals surface area contributed by atoms with E-state index < -0.39 is 28.5 Å². The number of nitrogens with zero attached hydrogens (tertiary/aromatic N) is 2. The molecule has 0 spiro atoms. The second kappa shape index (κ2) is 12.5. The molecule has 38 heavy (non-hydrogen) atoms. The lowest BCUT2D eigenvalue weighted by atomic mass is 10.1. The highest BCUT2D eigenvalue weighted by molar-refractivity contribution is 7.92. The molecule has 9 heteroatoms. The third kappa shape index (κ3) is 6.94. The van der Waals surface area contributed by atoms with Gasteiger partial charge in [0.05, 0.1) is 10.6 Å². The van der Waals surface area contributed by atoms with E-state index in [9.17, 15) is 18.0 Å². The SMILES string of the molecule is Cc1ccc(CN(C(=O)CN(c2cccc(Cl)c2C)S(=O)(=O)c2ccccc2)[C@H](C)C(=O)NC(C)C)cc1. The molecular weight excluding hydrogens is 522 g/mol. The number of anilines is 1. The van der Waals surface area contributed by atoms with Gasteiger partial charge in [0.15, 0.2) is 0 Å². The maximum atomic E-state index is 13.9. The Bertz CT molecular complexity index is 1380. The van der Waals surface area contributed by atoms with Crippen molar-refractivity contribution in [3.05, 3.63) is 94.5 Å². The number of halogens is 1. The van der Waals surface area contributed by atoms with Crippen LogP contribution in [0.4, 0.5) is 5.69 Å². The molecule has 0 aliphatic heterocycles. The topological polar surface area (TPSA) is 86.8 Å². The van der Waals surface area contributed by atoms with Crippen LogP contribution in [0.3, 0.4) is 0 Å². The molecule has 0 aromatic heterocycles. The van der Waals surface area contributed by atoms with Gasteiger partial charge >= 0.3 is 0 Å². The standard InChI is InChI=1S/C29H34ClN3O4S/c1-20(2)31-29(35)23(5)32(18-24-16-14-21(3)15-17-24)28(34)19-33(27-13-9-12-26(30)22(27)4)38(36,37)25-10-7-6-8-11-25/h6-17,20,23H,18-19H2,1-5H3,(H,31,35)/t23-/m1/s1. The Kier molecular flexibility index (Phi) is 9.57. The highest BCUT2D eigenvalue weighted by Crippen LogP contribution is 2.31. The van der Waals surface area contributed by atoms with Crippen molar-refractivity contribution in [2.45, 2.75) is 58.1 Å². The van der Waals surface area contributed by atoms with E-state index in [1.54, 1.807) is 50.2 Å². The van der Waals surface area contributed by atoms with Crippen LogP contribution in [0.1, 0.15) is 37.5 Å². The zero-order valence-corrected chi connectivity index (χ0v) is 23.9. The number of nitrogens with one attached hydrogen (secondary N) is 1. The van der Waals surface area contributed by atoms with Crippen molar-refractivity contribution in [1.82, 2.24) is 10.2 Å². The van der Waals surface area contributed by atoms with Gasteiger partial charge in [0.1, 0.15) is 12.6 Å². The van der Waals surface area contributed by atoms with Gasteiger partial charge in [-0.1, -0.05) is 65.7 Å². The summed E-state index contributed by atoms with van der Waals surface area (Å²) in [4.78, 5) is 28.3. The van der Waals surface area contributed by atoms with Crippen LogP contribution < -0.4 is 9.62 Å². The Morgan fingerprint density at radius 2 is 1.53 bits per heavy atom. The third-order valence-electron chi connectivity index (χ3n) is 6.19. The Hall–Kier alpha value is -3.36. The number of aryl methyl sites for hydroxylation is 1. The minimum Gasteiger partial charge on any atom is -0.352 e. The summed E-state index contributed by atoms with van der Waals surface area (Å²) >= 11 is 6.34. The van der Waals surface area contributed by atoms with Crippen LogP contribution in [0.25, 0.3) is 0 Å². The molecular formula is C29H34ClN3O4S. The van der Waals surface area contributed by atoms with E-state index in [-0.39, 0.29) is 23.4 Å². The molecule has 0 aliphatic rings. The molecule has 1 atom stereocenters. The molecule has 2 amide bonds. The lowest BCUT2D eigenvalue weighted by molar-refractivity contribution is -0.139. The van der Waals surface area contributed by atoms with E-state index in [0.717, 1.165) is 15.4 Å². The lowest BCUT2D eigenvalue weighted by Crippen LogP contribution is -2.52. The van der Waals surface area contributed by atoms with Crippen LogP contribution in [0.15, 0.2) is 77.7 Å². The van der Waals surface area contributed by atoms with Crippen molar-refractivity contribution in [2.75, 3.05) is 10.8 Å². The van der Waals surface area contributed by atoms with Crippen LogP contribution in [0.2, 0.25) is 5.02 Å². The highest BCUT2D eigenvalue weighted by Gasteiger charge is 2.33. The quantitative estimate of drug-likeness (QED) is 0.377. The molecule has 0 aliphatic carbocycles. The minimum atomic E-state index is -4.14. The van der Waals surface area contributed by atoms with E-state index in [1.807, 2.05) is 45.0 Å². The van der Waals surface area contributed by atoms with Crippen LogP contribution in [0, 0.1) is 13.8 Å². The first kappa shape index (κ1) is 29.2. The Labute approximate surface area is 230 Å². The summed E-state index contributed by atoms with van der Waals surface area (Å²) in [6.07, 6.45) is 0. The van der Waals surface area contributed by atoms with Crippen molar-refractivity contribution in [3.63, 3.8) is 0 Å². The van der Waals surface area contributed by atoms with E-state index in [4.69, 9.17) is 11.6 Å². The molecule has 202 valence electrons. The minimum absolute atomic E-state index is 0.0443. The van der Waals surface area contributed by atoms with Gasteiger partial charge in [0.2, 0.25) is 11.8 Å². The van der Waals surface area contributed by atoms with Gasteiger partial charge < -0.3 is 10.2 Å². The number of carbonyl (C=O) groups is 2. The lowest BCUT2D eigenvalue weighted by Gasteiger charge is -2.32.